The minimum atomic E-state index is -0.619. The highest BCUT2D eigenvalue weighted by molar-refractivity contribution is 5.92. The van der Waals surface area contributed by atoms with Crippen LogP contribution in [0.15, 0.2) is 24.3 Å². The van der Waals surface area contributed by atoms with Gasteiger partial charge in [0.2, 0.25) is 11.8 Å². The summed E-state index contributed by atoms with van der Waals surface area (Å²) in [6.45, 7) is 25.3. The van der Waals surface area contributed by atoms with Gasteiger partial charge in [0.15, 0.2) is 0 Å². The normalized spacial score (nSPS) is 17.0. The van der Waals surface area contributed by atoms with Crippen LogP contribution in [0.5, 0.6) is 0 Å². The molecule has 45 heavy (non-hydrogen) atoms. The molecule has 0 aliphatic carbocycles. The van der Waals surface area contributed by atoms with Gasteiger partial charge in [-0.1, -0.05) is 27.0 Å². The number of carbonyl (C=O) groups is 2. The average Bonchev–Trinajstić information content (AvgIpc) is 2.91. The van der Waals surface area contributed by atoms with Gasteiger partial charge in [0.25, 0.3) is 0 Å². The Kier molecular flexibility index (Phi) is 19.0. The fourth-order valence-corrected chi connectivity index (χ4v) is 5.67. The number of rotatable bonds is 25. The van der Waals surface area contributed by atoms with Crippen LogP contribution in [0.25, 0.3) is 0 Å². The predicted octanol–water partition coefficient (Wildman–Crippen LogP) is 3.57. The maximum absolute atomic E-state index is 11.7. The first-order chi connectivity index (χ1) is 20.6. The van der Waals surface area contributed by atoms with Crippen LogP contribution in [0.4, 0.5) is 0 Å². The van der Waals surface area contributed by atoms with Gasteiger partial charge in [0, 0.05) is 49.9 Å². The molecule has 264 valence electrons. The van der Waals surface area contributed by atoms with Gasteiger partial charge < -0.3 is 39.3 Å². The topological polar surface area (TPSA) is 117 Å². The van der Waals surface area contributed by atoms with Crippen molar-refractivity contribution in [3.8, 4) is 0 Å². The summed E-state index contributed by atoms with van der Waals surface area (Å²) in [7, 11) is 8.34. The van der Waals surface area contributed by atoms with E-state index in [9.17, 15) is 19.8 Å². The second-order valence-corrected chi connectivity index (χ2v) is 15.0. The molecule has 0 saturated heterocycles. The van der Waals surface area contributed by atoms with Crippen molar-refractivity contribution in [2.45, 2.75) is 117 Å². The van der Waals surface area contributed by atoms with E-state index in [0.717, 1.165) is 38.8 Å². The molecule has 0 radical (unpaired) electrons. The second kappa shape index (κ2) is 19.8. The molecule has 0 rings (SSSR count). The Morgan fingerprint density at radius 2 is 1.20 bits per heavy atom. The molecule has 0 aliphatic rings. The number of carbonyl (C=O) groups excluding carboxylic acids is 2. The van der Waals surface area contributed by atoms with Gasteiger partial charge in [-0.3, -0.25) is 9.59 Å². The van der Waals surface area contributed by atoms with Gasteiger partial charge in [0.1, 0.15) is 25.3 Å². The number of ether oxygens (including phenoxy) is 2. The Hall–Kier alpha value is -1.82. The van der Waals surface area contributed by atoms with Crippen LogP contribution in [0.1, 0.15) is 87.0 Å². The Labute approximate surface area is 275 Å². The third kappa shape index (κ3) is 19.4. The number of nitrogens with zero attached hydrogens (tertiary/aromatic N) is 2. The van der Waals surface area contributed by atoms with E-state index in [-0.39, 0.29) is 24.5 Å². The van der Waals surface area contributed by atoms with Gasteiger partial charge >= 0.3 is 0 Å². The zero-order valence-corrected chi connectivity index (χ0v) is 30.8. The average molecular weight is 643 g/mol. The maximum Gasteiger partial charge on any atom is 0.246 e. The van der Waals surface area contributed by atoms with Gasteiger partial charge in [-0.2, -0.15) is 0 Å². The van der Waals surface area contributed by atoms with E-state index in [4.69, 9.17) is 9.47 Å². The minimum Gasteiger partial charge on any atom is -0.387 e. The van der Waals surface area contributed by atoms with Gasteiger partial charge in [0.05, 0.1) is 65.2 Å². The van der Waals surface area contributed by atoms with Crippen molar-refractivity contribution in [3.05, 3.63) is 24.3 Å². The number of quaternary nitrogens is 2. The molecule has 0 bridgehead atoms. The largest absolute Gasteiger partial charge is 0.387 e. The molecule has 0 fully saturated rings. The predicted molar refractivity (Wildman–Crippen MR) is 184 cm³/mol. The first kappa shape index (κ1) is 43.2. The zero-order valence-electron chi connectivity index (χ0n) is 30.8. The Morgan fingerprint density at radius 3 is 1.60 bits per heavy atom. The lowest BCUT2D eigenvalue weighted by molar-refractivity contribution is -0.893. The molecule has 0 heterocycles. The summed E-state index contributed by atoms with van der Waals surface area (Å²) in [4.78, 5) is 23.4. The number of hydrogen-bond acceptors (Lipinski definition) is 6. The van der Waals surface area contributed by atoms with Crippen molar-refractivity contribution in [2.24, 2.45) is 0 Å². The number of aliphatic hydroxyl groups excluding tert-OH is 2. The SMILES string of the molecule is C=C(C)C(=O)NCCC[N+](C)(C)CC(O)COC(C)(CC)CC(C)OC(C)(CC)CC(O)C[N+](C)(C)CCCNC(=O)C(=C)C. The van der Waals surface area contributed by atoms with E-state index in [1.807, 2.05) is 0 Å². The lowest BCUT2D eigenvalue weighted by atomic mass is 9.92. The van der Waals surface area contributed by atoms with Gasteiger partial charge in [-0.15, -0.1) is 0 Å². The number of hydrogen-bond donors (Lipinski definition) is 4. The van der Waals surface area contributed by atoms with Crippen molar-refractivity contribution >= 4 is 11.8 Å². The molecule has 10 nitrogen and oxygen atoms in total. The molecular weight excluding hydrogens is 572 g/mol. The molecule has 0 saturated carbocycles. The number of likely N-dealkylation sites (N-methyl/N-ethyl adjacent to an activating group) is 2. The van der Waals surface area contributed by atoms with Crippen LogP contribution in [0.3, 0.4) is 0 Å². The highest BCUT2D eigenvalue weighted by Gasteiger charge is 2.35. The first-order valence-corrected chi connectivity index (χ1v) is 16.8. The first-order valence-electron chi connectivity index (χ1n) is 16.8. The fourth-order valence-electron chi connectivity index (χ4n) is 5.67. The molecule has 0 aromatic carbocycles. The molecule has 0 aromatic heterocycles. The molecular formula is C35H70N4O6+2. The number of aliphatic hydroxyl groups is 2. The van der Waals surface area contributed by atoms with Crippen LogP contribution >= 0.6 is 0 Å². The number of nitrogens with one attached hydrogen (secondary N) is 2. The summed E-state index contributed by atoms with van der Waals surface area (Å²) in [5, 5.41) is 27.6. The highest BCUT2D eigenvalue weighted by Crippen LogP contribution is 2.30. The molecule has 0 aliphatic heterocycles. The monoisotopic (exact) mass is 643 g/mol. The van der Waals surface area contributed by atoms with Crippen LogP contribution in [-0.4, -0.2) is 135 Å². The molecule has 10 heteroatoms. The lowest BCUT2D eigenvalue weighted by Crippen LogP contribution is -2.49. The molecule has 0 aromatic rings. The van der Waals surface area contributed by atoms with Crippen LogP contribution in [0.2, 0.25) is 0 Å². The fraction of sp³-hybridized carbons (Fsp3) is 0.829. The standard InChI is InChI=1S/C35H68N4O6/c1-14-34(8,44-26-31(41)25-39(12,13)21-17-19-37-33(43)28(5)6)22-29(7)45-35(9,15-2)23-30(40)24-38(10,11)20-16-18-36-32(42)27(3)4/h29-31,40-41H,3,5,14-26H2,1-2,4,6-13H3/p+2. The van der Waals surface area contributed by atoms with Crippen molar-refractivity contribution in [2.75, 3.05) is 74.1 Å². The zero-order chi connectivity index (χ0) is 35.1. The molecule has 0 spiro atoms. The van der Waals surface area contributed by atoms with Gasteiger partial charge in [-0.05, 0) is 47.5 Å². The van der Waals surface area contributed by atoms with E-state index >= 15 is 0 Å². The minimum absolute atomic E-state index is 0.106. The summed E-state index contributed by atoms with van der Waals surface area (Å²) >= 11 is 0. The Morgan fingerprint density at radius 1 is 0.778 bits per heavy atom. The Bertz CT molecular complexity index is 939. The van der Waals surface area contributed by atoms with Crippen LogP contribution in [0, 0.1) is 0 Å². The summed E-state index contributed by atoms with van der Waals surface area (Å²) in [6.07, 6.45) is 3.09. The van der Waals surface area contributed by atoms with Gasteiger partial charge in [-0.25, -0.2) is 0 Å². The lowest BCUT2D eigenvalue weighted by Gasteiger charge is -2.39. The van der Waals surface area contributed by atoms with E-state index in [1.165, 1.54) is 0 Å². The summed E-state index contributed by atoms with van der Waals surface area (Å²) in [6, 6.07) is 0. The van der Waals surface area contributed by atoms with E-state index < -0.39 is 23.4 Å². The summed E-state index contributed by atoms with van der Waals surface area (Å²) in [5.74, 6) is -0.247. The van der Waals surface area contributed by atoms with E-state index in [1.54, 1.807) is 13.8 Å². The third-order valence-electron chi connectivity index (χ3n) is 8.63. The van der Waals surface area contributed by atoms with Crippen LogP contribution in [-0.2, 0) is 19.1 Å². The van der Waals surface area contributed by atoms with Crippen molar-refractivity contribution in [1.82, 2.24) is 10.6 Å². The maximum atomic E-state index is 11.7. The van der Waals surface area contributed by atoms with E-state index in [0.29, 0.717) is 59.1 Å². The number of amides is 2. The van der Waals surface area contributed by atoms with Crippen molar-refractivity contribution in [1.29, 1.82) is 0 Å². The molecule has 5 unspecified atom stereocenters. The smallest absolute Gasteiger partial charge is 0.246 e. The van der Waals surface area contributed by atoms with Crippen molar-refractivity contribution in [3.63, 3.8) is 0 Å². The summed E-state index contributed by atoms with van der Waals surface area (Å²) in [5.41, 5.74) is 0.0511. The molecule has 4 N–H and O–H groups in total. The Balaban J connectivity index is 4.85. The third-order valence-corrected chi connectivity index (χ3v) is 8.63. The van der Waals surface area contributed by atoms with Crippen molar-refractivity contribution < 1.29 is 38.2 Å². The summed E-state index contributed by atoms with van der Waals surface area (Å²) < 4.78 is 14.2. The quantitative estimate of drug-likeness (QED) is 0.0688. The highest BCUT2D eigenvalue weighted by atomic mass is 16.5. The van der Waals surface area contributed by atoms with Crippen LogP contribution < -0.4 is 10.6 Å². The molecule has 2 amide bonds. The molecule has 5 atom stereocenters. The second-order valence-electron chi connectivity index (χ2n) is 15.0. The van der Waals surface area contributed by atoms with E-state index in [2.05, 4.69) is 86.6 Å².